The third-order valence-electron chi connectivity index (χ3n) is 4.22. The Bertz CT molecular complexity index is 894. The van der Waals surface area contributed by atoms with Gasteiger partial charge in [0.05, 0.1) is 37.0 Å². The van der Waals surface area contributed by atoms with Crippen LogP contribution in [0.15, 0.2) is 36.4 Å². The Morgan fingerprint density at radius 3 is 2.71 bits per heavy atom. The summed E-state index contributed by atoms with van der Waals surface area (Å²) in [6.07, 6.45) is 0. The zero-order valence-electron chi connectivity index (χ0n) is 13.4. The second-order valence-corrected chi connectivity index (χ2v) is 6.18. The van der Waals surface area contributed by atoms with Gasteiger partial charge in [-0.3, -0.25) is 0 Å². The van der Waals surface area contributed by atoms with Crippen molar-refractivity contribution < 1.29 is 9.47 Å². The van der Waals surface area contributed by atoms with Crippen LogP contribution >= 0.6 is 11.6 Å². The molecule has 1 N–H and O–H groups in total. The second-order valence-electron chi connectivity index (χ2n) is 5.74. The summed E-state index contributed by atoms with van der Waals surface area (Å²) in [5.74, 6) is 0.808. The molecule has 0 saturated carbocycles. The Labute approximate surface area is 145 Å². The highest BCUT2D eigenvalue weighted by molar-refractivity contribution is 6.31. The Morgan fingerprint density at radius 1 is 1.08 bits per heavy atom. The molecule has 1 fully saturated rings. The quantitative estimate of drug-likeness (QED) is 0.735. The molecule has 0 spiro atoms. The van der Waals surface area contributed by atoms with E-state index < -0.39 is 0 Å². The number of fused-ring (bicyclic) bond motifs is 2. The minimum atomic E-state index is 0.681. The van der Waals surface area contributed by atoms with Crippen LogP contribution in [0.4, 0.5) is 5.69 Å². The molecule has 1 aromatic heterocycles. The Morgan fingerprint density at radius 2 is 1.92 bits per heavy atom. The third-order valence-corrected chi connectivity index (χ3v) is 4.46. The number of hydrazine groups is 1. The molecule has 0 radical (unpaired) electrons. The smallest absolute Gasteiger partial charge is 0.119 e. The molecule has 124 valence electrons. The van der Waals surface area contributed by atoms with Crippen LogP contribution in [0.5, 0.6) is 5.75 Å². The fourth-order valence-electron chi connectivity index (χ4n) is 2.98. The number of benzene rings is 2. The molecule has 0 atom stereocenters. The fourth-order valence-corrected chi connectivity index (χ4v) is 3.14. The van der Waals surface area contributed by atoms with E-state index in [0.717, 1.165) is 59.5 Å². The van der Waals surface area contributed by atoms with Gasteiger partial charge in [0, 0.05) is 28.9 Å². The minimum absolute atomic E-state index is 0.681. The zero-order valence-corrected chi connectivity index (χ0v) is 14.1. The van der Waals surface area contributed by atoms with Crippen molar-refractivity contribution in [2.45, 2.75) is 0 Å². The summed E-state index contributed by atoms with van der Waals surface area (Å²) in [6.45, 7) is 3.12. The van der Waals surface area contributed by atoms with Crippen LogP contribution in [-0.4, -0.2) is 43.4 Å². The summed E-state index contributed by atoms with van der Waals surface area (Å²) in [5, 5.41) is 4.91. The average Bonchev–Trinajstić information content (AvgIpc) is 2.62. The Kier molecular flexibility index (Phi) is 4.14. The van der Waals surface area contributed by atoms with E-state index in [9.17, 15) is 0 Å². The van der Waals surface area contributed by atoms with Crippen LogP contribution in [0.3, 0.4) is 0 Å². The number of rotatable bonds is 3. The molecule has 2 heterocycles. The molecule has 5 nitrogen and oxygen atoms in total. The number of methoxy groups -OCH3 is 1. The standard InChI is InChI=1S/C18H18ClN3O2/c1-23-13-3-5-16-15(11-13)18(21-22-6-8-24-9-7-22)14-4-2-12(19)10-17(14)20-16/h2-5,10-11H,6-9H2,1H3,(H,20,21). The molecule has 0 unspecified atom stereocenters. The molecule has 6 heteroatoms. The van der Waals surface area contributed by atoms with Crippen LogP contribution in [0.25, 0.3) is 21.8 Å². The number of hydrogen-bond acceptors (Lipinski definition) is 5. The normalized spacial score (nSPS) is 15.8. The maximum Gasteiger partial charge on any atom is 0.119 e. The van der Waals surface area contributed by atoms with Gasteiger partial charge in [-0.1, -0.05) is 11.6 Å². The molecule has 0 amide bonds. The highest BCUT2D eigenvalue weighted by Crippen LogP contribution is 2.34. The van der Waals surface area contributed by atoms with E-state index in [4.69, 9.17) is 26.1 Å². The van der Waals surface area contributed by atoms with Crippen LogP contribution in [0.1, 0.15) is 0 Å². The molecule has 0 aliphatic carbocycles. The van der Waals surface area contributed by atoms with E-state index >= 15 is 0 Å². The topological polar surface area (TPSA) is 46.6 Å². The maximum atomic E-state index is 6.15. The first-order valence-corrected chi connectivity index (χ1v) is 8.29. The number of ether oxygens (including phenoxy) is 2. The first kappa shape index (κ1) is 15.4. The Hall–Kier alpha value is -2.08. The molecular formula is C18H18ClN3O2. The van der Waals surface area contributed by atoms with Gasteiger partial charge in [-0.05, 0) is 36.4 Å². The SMILES string of the molecule is COc1ccc2nc3cc(Cl)ccc3c(NN3CCOCC3)c2c1. The molecular weight excluding hydrogens is 326 g/mol. The highest BCUT2D eigenvalue weighted by Gasteiger charge is 2.15. The average molecular weight is 344 g/mol. The van der Waals surface area contributed by atoms with E-state index in [-0.39, 0.29) is 0 Å². The first-order valence-electron chi connectivity index (χ1n) is 7.91. The van der Waals surface area contributed by atoms with Crippen molar-refractivity contribution in [3.05, 3.63) is 41.4 Å². The van der Waals surface area contributed by atoms with E-state index in [2.05, 4.69) is 10.4 Å². The number of morpholine rings is 1. The van der Waals surface area contributed by atoms with Crippen LogP contribution in [0.2, 0.25) is 5.02 Å². The number of hydrogen-bond donors (Lipinski definition) is 1. The summed E-state index contributed by atoms with van der Waals surface area (Å²) < 4.78 is 10.8. The number of nitrogens with one attached hydrogen (secondary N) is 1. The van der Waals surface area contributed by atoms with Gasteiger partial charge in [0.15, 0.2) is 0 Å². The van der Waals surface area contributed by atoms with Crippen molar-refractivity contribution >= 4 is 39.1 Å². The fraction of sp³-hybridized carbons (Fsp3) is 0.278. The van der Waals surface area contributed by atoms with Crippen LogP contribution in [0, 0.1) is 0 Å². The molecule has 1 aliphatic heterocycles. The van der Waals surface area contributed by atoms with Crippen molar-refractivity contribution in [3.8, 4) is 5.75 Å². The second kappa shape index (κ2) is 6.43. The number of pyridine rings is 1. The Balaban J connectivity index is 1.92. The highest BCUT2D eigenvalue weighted by atomic mass is 35.5. The first-order chi connectivity index (χ1) is 11.7. The maximum absolute atomic E-state index is 6.15. The van der Waals surface area contributed by atoms with E-state index in [1.807, 2.05) is 36.4 Å². The van der Waals surface area contributed by atoms with Crippen LogP contribution < -0.4 is 10.2 Å². The molecule has 0 bridgehead atoms. The van der Waals surface area contributed by atoms with Crippen molar-refractivity contribution in [1.82, 2.24) is 9.99 Å². The number of anilines is 1. The minimum Gasteiger partial charge on any atom is -0.497 e. The van der Waals surface area contributed by atoms with Gasteiger partial charge >= 0.3 is 0 Å². The van der Waals surface area contributed by atoms with Gasteiger partial charge in [-0.25, -0.2) is 9.99 Å². The summed E-state index contributed by atoms with van der Waals surface area (Å²) in [5.41, 5.74) is 6.35. The van der Waals surface area contributed by atoms with Crippen molar-refractivity contribution in [1.29, 1.82) is 0 Å². The molecule has 1 aliphatic rings. The lowest BCUT2D eigenvalue weighted by Gasteiger charge is -2.29. The lowest BCUT2D eigenvalue weighted by molar-refractivity contribution is 0.0498. The molecule has 4 rings (SSSR count). The number of halogens is 1. The molecule has 3 aromatic rings. The largest absolute Gasteiger partial charge is 0.497 e. The van der Waals surface area contributed by atoms with Gasteiger partial charge in [-0.2, -0.15) is 0 Å². The summed E-state index contributed by atoms with van der Waals surface area (Å²) in [4.78, 5) is 4.74. The van der Waals surface area contributed by atoms with E-state index in [0.29, 0.717) is 5.02 Å². The molecule has 2 aromatic carbocycles. The predicted octanol–water partition coefficient (Wildman–Crippen LogP) is 3.71. The summed E-state index contributed by atoms with van der Waals surface area (Å²) >= 11 is 6.15. The van der Waals surface area contributed by atoms with Crippen molar-refractivity contribution in [3.63, 3.8) is 0 Å². The van der Waals surface area contributed by atoms with Gasteiger partial charge < -0.3 is 14.9 Å². The monoisotopic (exact) mass is 343 g/mol. The van der Waals surface area contributed by atoms with Gasteiger partial charge in [0.1, 0.15) is 5.75 Å². The lowest BCUT2D eigenvalue weighted by atomic mass is 10.1. The third kappa shape index (κ3) is 2.86. The molecule has 1 saturated heterocycles. The zero-order chi connectivity index (χ0) is 16.5. The summed E-state index contributed by atoms with van der Waals surface area (Å²) in [7, 11) is 1.67. The van der Waals surface area contributed by atoms with E-state index in [1.54, 1.807) is 7.11 Å². The summed E-state index contributed by atoms with van der Waals surface area (Å²) in [6, 6.07) is 11.7. The van der Waals surface area contributed by atoms with Gasteiger partial charge in [-0.15, -0.1) is 0 Å². The van der Waals surface area contributed by atoms with Crippen molar-refractivity contribution in [2.75, 3.05) is 38.8 Å². The van der Waals surface area contributed by atoms with Gasteiger partial charge in [0.2, 0.25) is 0 Å². The van der Waals surface area contributed by atoms with E-state index in [1.165, 1.54) is 0 Å². The van der Waals surface area contributed by atoms with Crippen LogP contribution in [-0.2, 0) is 4.74 Å². The lowest BCUT2D eigenvalue weighted by Crippen LogP contribution is -2.40. The van der Waals surface area contributed by atoms with Crippen molar-refractivity contribution in [2.24, 2.45) is 0 Å². The molecule has 24 heavy (non-hydrogen) atoms. The predicted molar refractivity (Wildman–Crippen MR) is 96.8 cm³/mol. The number of aromatic nitrogens is 1. The number of nitrogens with zero attached hydrogens (tertiary/aromatic N) is 2. The van der Waals surface area contributed by atoms with Gasteiger partial charge in [0.25, 0.3) is 0 Å².